The molecule has 1 heterocycles. The number of aromatic nitrogens is 2. The molecule has 1 aromatic heterocycles. The van der Waals surface area contributed by atoms with Gasteiger partial charge in [0.05, 0.1) is 0 Å². The first kappa shape index (κ1) is 14.1. The fourth-order valence-corrected chi connectivity index (χ4v) is 2.94. The topological polar surface area (TPSA) is 74.2 Å². The summed E-state index contributed by atoms with van der Waals surface area (Å²) in [6.07, 6.45) is 5.39. The van der Waals surface area contributed by atoms with Gasteiger partial charge in [-0.3, -0.25) is 0 Å². The number of rotatable bonds is 3. The van der Waals surface area contributed by atoms with Gasteiger partial charge in [0.25, 0.3) is 5.89 Å². The van der Waals surface area contributed by atoms with E-state index in [1.165, 1.54) is 6.42 Å². The molecule has 1 aliphatic rings. The highest BCUT2D eigenvalue weighted by Gasteiger charge is 2.38. The maximum Gasteiger partial charge on any atom is 0.258 e. The van der Waals surface area contributed by atoms with Crippen LogP contribution in [0.25, 0.3) is 11.5 Å². The van der Waals surface area contributed by atoms with Gasteiger partial charge in [-0.25, -0.2) is 0 Å². The Morgan fingerprint density at radius 1 is 1.24 bits per heavy atom. The van der Waals surface area contributed by atoms with Crippen LogP contribution in [0.4, 0.5) is 5.69 Å². The predicted molar refractivity (Wildman–Crippen MR) is 80.7 cm³/mol. The zero-order valence-corrected chi connectivity index (χ0v) is 12.6. The third kappa shape index (κ3) is 2.53. The Morgan fingerprint density at radius 2 is 2.00 bits per heavy atom. The van der Waals surface area contributed by atoms with Gasteiger partial charge in [0.15, 0.2) is 0 Å². The third-order valence-corrected chi connectivity index (χ3v) is 4.41. The van der Waals surface area contributed by atoms with Crippen LogP contribution in [-0.4, -0.2) is 17.3 Å². The number of methoxy groups -OCH3 is 1. The van der Waals surface area contributed by atoms with Gasteiger partial charge in [-0.2, -0.15) is 4.98 Å². The number of hydrogen-bond donors (Lipinski definition) is 1. The number of aryl methyl sites for hydroxylation is 1. The fourth-order valence-electron chi connectivity index (χ4n) is 2.94. The molecule has 0 radical (unpaired) electrons. The normalized spacial score (nSPS) is 17.8. The third-order valence-electron chi connectivity index (χ3n) is 4.41. The average Bonchev–Trinajstić information content (AvgIpc) is 3.01. The van der Waals surface area contributed by atoms with Crippen molar-refractivity contribution in [3.05, 3.63) is 29.6 Å². The molecule has 2 N–H and O–H groups in total. The van der Waals surface area contributed by atoms with Crippen LogP contribution in [-0.2, 0) is 10.3 Å². The number of anilines is 1. The summed E-state index contributed by atoms with van der Waals surface area (Å²) in [5, 5.41) is 4.16. The minimum atomic E-state index is -0.393. The van der Waals surface area contributed by atoms with Crippen LogP contribution in [0, 0.1) is 6.92 Å². The van der Waals surface area contributed by atoms with Crippen molar-refractivity contribution in [2.75, 3.05) is 12.8 Å². The summed E-state index contributed by atoms with van der Waals surface area (Å²) in [6, 6.07) is 5.78. The highest BCUT2D eigenvalue weighted by atomic mass is 16.5. The maximum absolute atomic E-state index is 5.95. The summed E-state index contributed by atoms with van der Waals surface area (Å²) < 4.78 is 11.2. The van der Waals surface area contributed by atoms with Crippen molar-refractivity contribution in [3.63, 3.8) is 0 Å². The Labute approximate surface area is 124 Å². The van der Waals surface area contributed by atoms with E-state index in [-0.39, 0.29) is 0 Å². The molecular formula is C16H21N3O2. The van der Waals surface area contributed by atoms with Crippen molar-refractivity contribution in [1.29, 1.82) is 0 Å². The van der Waals surface area contributed by atoms with E-state index in [9.17, 15) is 0 Å². The number of hydrogen-bond acceptors (Lipinski definition) is 5. The number of ether oxygens (including phenoxy) is 1. The molecule has 0 amide bonds. The lowest BCUT2D eigenvalue weighted by atomic mass is 9.84. The molecule has 0 spiro atoms. The molecule has 5 heteroatoms. The second-order valence-corrected chi connectivity index (χ2v) is 5.75. The second-order valence-electron chi connectivity index (χ2n) is 5.75. The van der Waals surface area contributed by atoms with E-state index >= 15 is 0 Å². The largest absolute Gasteiger partial charge is 0.398 e. The molecule has 2 aromatic rings. The molecule has 0 unspecified atom stereocenters. The SMILES string of the molecule is COC1(c2noc(-c3ccc(C)c(N)c3)n2)CCCCC1. The average molecular weight is 287 g/mol. The van der Waals surface area contributed by atoms with Gasteiger partial charge in [0, 0.05) is 18.4 Å². The maximum atomic E-state index is 5.95. The summed E-state index contributed by atoms with van der Waals surface area (Å²) >= 11 is 0. The van der Waals surface area contributed by atoms with Crippen LogP contribution < -0.4 is 5.73 Å². The van der Waals surface area contributed by atoms with Crippen LogP contribution in [0.2, 0.25) is 0 Å². The summed E-state index contributed by atoms with van der Waals surface area (Å²) in [7, 11) is 1.73. The van der Waals surface area contributed by atoms with Crippen molar-refractivity contribution in [3.8, 4) is 11.5 Å². The molecular weight excluding hydrogens is 266 g/mol. The van der Waals surface area contributed by atoms with Crippen molar-refractivity contribution >= 4 is 5.69 Å². The molecule has 112 valence electrons. The number of nitrogens with two attached hydrogens (primary N) is 1. The molecule has 3 rings (SSSR count). The molecule has 1 aromatic carbocycles. The van der Waals surface area contributed by atoms with Crippen LogP contribution in [0.15, 0.2) is 22.7 Å². The Balaban J connectivity index is 1.93. The lowest BCUT2D eigenvalue weighted by Crippen LogP contribution is -2.32. The first-order valence-electron chi connectivity index (χ1n) is 7.40. The molecule has 1 fully saturated rings. The number of nitrogen functional groups attached to an aromatic ring is 1. The van der Waals surface area contributed by atoms with Gasteiger partial charge in [-0.05, 0) is 37.5 Å². The van der Waals surface area contributed by atoms with Crippen molar-refractivity contribution in [1.82, 2.24) is 10.1 Å². The highest BCUT2D eigenvalue weighted by Crippen LogP contribution is 2.39. The Hall–Kier alpha value is -1.88. The molecule has 0 atom stereocenters. The minimum absolute atomic E-state index is 0.393. The molecule has 21 heavy (non-hydrogen) atoms. The first-order valence-corrected chi connectivity index (χ1v) is 7.40. The molecule has 5 nitrogen and oxygen atoms in total. The van der Waals surface area contributed by atoms with Gasteiger partial charge in [-0.1, -0.05) is 30.5 Å². The quantitative estimate of drug-likeness (QED) is 0.875. The number of nitrogens with zero attached hydrogens (tertiary/aromatic N) is 2. The summed E-state index contributed by atoms with van der Waals surface area (Å²) in [5.74, 6) is 1.15. The summed E-state index contributed by atoms with van der Waals surface area (Å²) in [4.78, 5) is 4.56. The standard InChI is InChI=1S/C16H21N3O2/c1-11-6-7-12(10-13(11)17)14-18-15(19-21-14)16(20-2)8-4-3-5-9-16/h6-7,10H,3-5,8-9,17H2,1-2H3. The van der Waals surface area contributed by atoms with Gasteiger partial charge in [0.2, 0.25) is 5.82 Å². The monoisotopic (exact) mass is 287 g/mol. The van der Waals surface area contributed by atoms with Gasteiger partial charge < -0.3 is 15.0 Å². The Bertz CT molecular complexity index is 630. The molecule has 0 bridgehead atoms. The second kappa shape index (κ2) is 5.48. The van der Waals surface area contributed by atoms with E-state index in [4.69, 9.17) is 15.0 Å². The van der Waals surface area contributed by atoms with E-state index < -0.39 is 5.60 Å². The van der Waals surface area contributed by atoms with Crippen LogP contribution >= 0.6 is 0 Å². The predicted octanol–water partition coefficient (Wildman–Crippen LogP) is 3.43. The van der Waals surface area contributed by atoms with E-state index in [2.05, 4.69) is 10.1 Å². The van der Waals surface area contributed by atoms with Crippen molar-refractivity contribution in [2.45, 2.75) is 44.6 Å². The Morgan fingerprint density at radius 3 is 2.67 bits per heavy atom. The van der Waals surface area contributed by atoms with Gasteiger partial charge >= 0.3 is 0 Å². The number of benzene rings is 1. The van der Waals surface area contributed by atoms with Gasteiger partial charge in [0.1, 0.15) is 5.60 Å². The van der Waals surface area contributed by atoms with E-state index in [1.807, 2.05) is 25.1 Å². The van der Waals surface area contributed by atoms with E-state index in [0.717, 1.165) is 42.5 Å². The molecule has 1 aliphatic carbocycles. The molecule has 0 saturated heterocycles. The minimum Gasteiger partial charge on any atom is -0.398 e. The van der Waals surface area contributed by atoms with Crippen LogP contribution in [0.1, 0.15) is 43.5 Å². The summed E-state index contributed by atoms with van der Waals surface area (Å²) in [6.45, 7) is 1.97. The van der Waals surface area contributed by atoms with E-state index in [1.54, 1.807) is 7.11 Å². The highest BCUT2D eigenvalue weighted by molar-refractivity contribution is 5.62. The molecule has 0 aliphatic heterocycles. The lowest BCUT2D eigenvalue weighted by molar-refractivity contribution is -0.0527. The van der Waals surface area contributed by atoms with Crippen molar-refractivity contribution < 1.29 is 9.26 Å². The summed E-state index contributed by atoms with van der Waals surface area (Å²) in [5.41, 5.74) is 8.17. The zero-order valence-electron chi connectivity index (χ0n) is 12.6. The Kier molecular flexibility index (Phi) is 3.68. The zero-order chi connectivity index (χ0) is 14.9. The molecule has 1 saturated carbocycles. The van der Waals surface area contributed by atoms with Gasteiger partial charge in [-0.15, -0.1) is 0 Å². The van der Waals surface area contributed by atoms with Crippen molar-refractivity contribution in [2.24, 2.45) is 0 Å². The van der Waals surface area contributed by atoms with E-state index in [0.29, 0.717) is 11.7 Å². The fraction of sp³-hybridized carbons (Fsp3) is 0.500. The first-order chi connectivity index (χ1) is 10.1. The van der Waals surface area contributed by atoms with Crippen LogP contribution in [0.3, 0.4) is 0 Å². The van der Waals surface area contributed by atoms with Crippen LogP contribution in [0.5, 0.6) is 0 Å². The smallest absolute Gasteiger partial charge is 0.258 e. The lowest BCUT2D eigenvalue weighted by Gasteiger charge is -2.32.